The van der Waals surface area contributed by atoms with Crippen LogP contribution in [0, 0.1) is 0 Å². The van der Waals surface area contributed by atoms with Gasteiger partial charge in [-0.3, -0.25) is 0 Å². The van der Waals surface area contributed by atoms with Crippen LogP contribution in [0.3, 0.4) is 0 Å². The molecule has 0 atom stereocenters. The number of ether oxygens (including phenoxy) is 2. The Bertz CT molecular complexity index is 621. The third-order valence-electron chi connectivity index (χ3n) is 2.74. The first-order chi connectivity index (χ1) is 9.60. The number of phenols is 1. The van der Waals surface area contributed by atoms with Crippen molar-refractivity contribution in [3.8, 4) is 17.2 Å². The van der Waals surface area contributed by atoms with E-state index >= 15 is 0 Å². The molecule has 2 aromatic carbocycles. The Morgan fingerprint density at radius 2 is 1.95 bits per heavy atom. The highest BCUT2D eigenvalue weighted by Crippen LogP contribution is 2.24. The number of methoxy groups -OCH3 is 1. The third kappa shape index (κ3) is 3.20. The third-order valence-corrected chi connectivity index (χ3v) is 2.74. The number of carboxylic acid groups (broad SMARTS) is 1. The number of carbonyl (C=O) groups is 1. The number of carboxylic acids is 1. The predicted molar refractivity (Wildman–Crippen MR) is 72.4 cm³/mol. The zero-order chi connectivity index (χ0) is 14.5. The average molecular weight is 274 g/mol. The highest BCUT2D eigenvalue weighted by atomic mass is 16.5. The van der Waals surface area contributed by atoms with Gasteiger partial charge in [0, 0.05) is 6.07 Å². The molecule has 0 aliphatic heterocycles. The summed E-state index contributed by atoms with van der Waals surface area (Å²) >= 11 is 0. The van der Waals surface area contributed by atoms with E-state index in [-0.39, 0.29) is 11.3 Å². The van der Waals surface area contributed by atoms with Crippen LogP contribution < -0.4 is 9.47 Å². The van der Waals surface area contributed by atoms with Crippen molar-refractivity contribution in [2.45, 2.75) is 6.61 Å². The maximum absolute atomic E-state index is 10.8. The Balaban J connectivity index is 2.07. The van der Waals surface area contributed by atoms with Gasteiger partial charge in [-0.1, -0.05) is 12.1 Å². The second kappa shape index (κ2) is 5.97. The number of hydrogen-bond donors (Lipinski definition) is 2. The van der Waals surface area contributed by atoms with E-state index in [1.54, 1.807) is 7.11 Å². The second-order valence-corrected chi connectivity index (χ2v) is 4.12. The van der Waals surface area contributed by atoms with Crippen LogP contribution >= 0.6 is 0 Å². The minimum atomic E-state index is -1.18. The largest absolute Gasteiger partial charge is 0.507 e. The van der Waals surface area contributed by atoms with Gasteiger partial charge in [0.1, 0.15) is 29.4 Å². The first-order valence-corrected chi connectivity index (χ1v) is 5.92. The SMILES string of the molecule is COc1cccc(COc2ccc(C(=O)O)c(O)c2)c1. The zero-order valence-electron chi connectivity index (χ0n) is 10.9. The van der Waals surface area contributed by atoms with Crippen molar-refractivity contribution < 1.29 is 24.5 Å². The zero-order valence-corrected chi connectivity index (χ0v) is 10.9. The topological polar surface area (TPSA) is 76.0 Å². The second-order valence-electron chi connectivity index (χ2n) is 4.12. The molecule has 104 valence electrons. The fourth-order valence-electron chi connectivity index (χ4n) is 1.71. The Hall–Kier alpha value is -2.69. The molecule has 0 aromatic heterocycles. The Kier molecular flexibility index (Phi) is 4.10. The maximum Gasteiger partial charge on any atom is 0.339 e. The van der Waals surface area contributed by atoms with Gasteiger partial charge in [-0.15, -0.1) is 0 Å². The maximum atomic E-state index is 10.8. The summed E-state index contributed by atoms with van der Waals surface area (Å²) in [6, 6.07) is 11.5. The van der Waals surface area contributed by atoms with Crippen molar-refractivity contribution in [3.63, 3.8) is 0 Å². The highest BCUT2D eigenvalue weighted by Gasteiger charge is 2.10. The highest BCUT2D eigenvalue weighted by molar-refractivity contribution is 5.90. The minimum absolute atomic E-state index is 0.154. The lowest BCUT2D eigenvalue weighted by atomic mass is 10.2. The Morgan fingerprint density at radius 1 is 1.15 bits per heavy atom. The van der Waals surface area contributed by atoms with Crippen LogP contribution in [0.25, 0.3) is 0 Å². The van der Waals surface area contributed by atoms with Crippen LogP contribution in [0.1, 0.15) is 15.9 Å². The summed E-state index contributed by atoms with van der Waals surface area (Å²) in [5, 5.41) is 18.4. The molecule has 0 spiro atoms. The van der Waals surface area contributed by atoms with Crippen molar-refractivity contribution in [2.75, 3.05) is 7.11 Å². The summed E-state index contributed by atoms with van der Waals surface area (Å²) < 4.78 is 10.6. The molecule has 0 fully saturated rings. The van der Waals surface area contributed by atoms with Gasteiger partial charge in [0.05, 0.1) is 7.11 Å². The molecule has 0 heterocycles. The molecule has 2 N–H and O–H groups in total. The quantitative estimate of drug-likeness (QED) is 0.876. The van der Waals surface area contributed by atoms with Crippen molar-refractivity contribution in [1.29, 1.82) is 0 Å². The lowest BCUT2D eigenvalue weighted by molar-refractivity contribution is 0.0693. The summed E-state index contributed by atoms with van der Waals surface area (Å²) in [6.45, 7) is 0.295. The fourth-order valence-corrected chi connectivity index (χ4v) is 1.71. The van der Waals surface area contributed by atoms with Crippen molar-refractivity contribution >= 4 is 5.97 Å². The Labute approximate surface area is 116 Å². The number of benzene rings is 2. The van der Waals surface area contributed by atoms with Crippen LogP contribution in [-0.4, -0.2) is 23.3 Å². The van der Waals surface area contributed by atoms with E-state index < -0.39 is 5.97 Å². The normalized spacial score (nSPS) is 10.1. The van der Waals surface area contributed by atoms with Crippen LogP contribution in [0.2, 0.25) is 0 Å². The Morgan fingerprint density at radius 3 is 2.60 bits per heavy atom. The molecule has 0 radical (unpaired) electrons. The van der Waals surface area contributed by atoms with Gasteiger partial charge in [0.15, 0.2) is 0 Å². The monoisotopic (exact) mass is 274 g/mol. The summed E-state index contributed by atoms with van der Waals surface area (Å²) in [5.74, 6) is -0.368. The molecule has 0 aliphatic rings. The molecular formula is C15H14O5. The van der Waals surface area contributed by atoms with Gasteiger partial charge in [-0.25, -0.2) is 4.79 Å². The molecule has 0 saturated carbocycles. The standard InChI is InChI=1S/C15H14O5/c1-19-11-4-2-3-10(7-11)9-20-12-5-6-13(15(17)18)14(16)8-12/h2-8,16H,9H2,1H3,(H,17,18). The van der Waals surface area contributed by atoms with E-state index in [0.717, 1.165) is 11.3 Å². The van der Waals surface area contributed by atoms with Crippen molar-refractivity contribution in [1.82, 2.24) is 0 Å². The fraction of sp³-hybridized carbons (Fsp3) is 0.133. The molecule has 0 aliphatic carbocycles. The summed E-state index contributed by atoms with van der Waals surface area (Å²) in [7, 11) is 1.59. The van der Waals surface area contributed by atoms with E-state index in [1.165, 1.54) is 18.2 Å². The number of aromatic hydroxyl groups is 1. The lowest BCUT2D eigenvalue weighted by Crippen LogP contribution is -1.99. The van der Waals surface area contributed by atoms with Gasteiger partial charge in [-0.05, 0) is 29.8 Å². The summed E-state index contributed by atoms with van der Waals surface area (Å²) in [5.41, 5.74) is 0.755. The molecular weight excluding hydrogens is 260 g/mol. The van der Waals surface area contributed by atoms with E-state index in [2.05, 4.69) is 0 Å². The average Bonchev–Trinajstić information content (AvgIpc) is 2.45. The molecule has 5 nitrogen and oxygen atoms in total. The van der Waals surface area contributed by atoms with Crippen LogP contribution in [-0.2, 0) is 6.61 Å². The summed E-state index contributed by atoms with van der Waals surface area (Å²) in [6.07, 6.45) is 0. The van der Waals surface area contributed by atoms with E-state index in [4.69, 9.17) is 14.6 Å². The molecule has 2 aromatic rings. The smallest absolute Gasteiger partial charge is 0.339 e. The number of hydrogen-bond acceptors (Lipinski definition) is 4. The van der Waals surface area contributed by atoms with Gasteiger partial charge >= 0.3 is 5.97 Å². The van der Waals surface area contributed by atoms with Crippen molar-refractivity contribution in [3.05, 3.63) is 53.6 Å². The van der Waals surface area contributed by atoms with E-state index in [0.29, 0.717) is 12.4 Å². The molecule has 0 unspecified atom stereocenters. The lowest BCUT2D eigenvalue weighted by Gasteiger charge is -2.08. The van der Waals surface area contributed by atoms with Crippen LogP contribution in [0.4, 0.5) is 0 Å². The predicted octanol–water partition coefficient (Wildman–Crippen LogP) is 2.68. The van der Waals surface area contributed by atoms with Gasteiger partial charge in [-0.2, -0.15) is 0 Å². The molecule has 2 rings (SSSR count). The number of aromatic carboxylic acids is 1. The molecule has 0 saturated heterocycles. The van der Waals surface area contributed by atoms with Crippen molar-refractivity contribution in [2.24, 2.45) is 0 Å². The molecule has 0 bridgehead atoms. The van der Waals surface area contributed by atoms with Crippen LogP contribution in [0.5, 0.6) is 17.2 Å². The molecule has 0 amide bonds. The number of rotatable bonds is 5. The molecule has 5 heteroatoms. The first-order valence-electron chi connectivity index (χ1n) is 5.92. The van der Waals surface area contributed by atoms with Gasteiger partial charge < -0.3 is 19.7 Å². The van der Waals surface area contributed by atoms with Gasteiger partial charge in [0.2, 0.25) is 0 Å². The minimum Gasteiger partial charge on any atom is -0.507 e. The van der Waals surface area contributed by atoms with E-state index in [1.807, 2.05) is 24.3 Å². The van der Waals surface area contributed by atoms with Crippen LogP contribution in [0.15, 0.2) is 42.5 Å². The molecule has 20 heavy (non-hydrogen) atoms. The summed E-state index contributed by atoms with van der Waals surface area (Å²) in [4.78, 5) is 10.8. The van der Waals surface area contributed by atoms with Gasteiger partial charge in [0.25, 0.3) is 0 Å². The van der Waals surface area contributed by atoms with E-state index in [9.17, 15) is 9.90 Å². The first kappa shape index (κ1) is 13.7.